The monoisotopic (exact) mass is 321 g/mol. The summed E-state index contributed by atoms with van der Waals surface area (Å²) in [4.78, 5) is 21.4. The van der Waals surface area contributed by atoms with Crippen LogP contribution in [0.5, 0.6) is 0 Å². The van der Waals surface area contributed by atoms with Crippen molar-refractivity contribution >= 4 is 22.8 Å². The van der Waals surface area contributed by atoms with Gasteiger partial charge in [0.05, 0.1) is 6.54 Å². The standard InChI is InChI=1S/C16H23N3O2S/c1-11-9-12(2)21-13(11)14(20)18-5-7-19(8-6-18)15-17-10-16(3,4)22-15/h9H,5-8,10H2,1-4H3. The van der Waals surface area contributed by atoms with Gasteiger partial charge in [-0.1, -0.05) is 11.8 Å². The first kappa shape index (κ1) is 15.5. The number of hydrogen-bond donors (Lipinski definition) is 0. The quantitative estimate of drug-likeness (QED) is 0.797. The Bertz CT molecular complexity index is 613. The van der Waals surface area contributed by atoms with Gasteiger partial charge in [-0.05, 0) is 33.8 Å². The summed E-state index contributed by atoms with van der Waals surface area (Å²) in [6, 6.07) is 1.91. The molecule has 6 heteroatoms. The van der Waals surface area contributed by atoms with Crippen LogP contribution in [-0.4, -0.2) is 58.3 Å². The lowest BCUT2D eigenvalue weighted by Crippen LogP contribution is -2.50. The Hall–Kier alpha value is -1.43. The molecule has 2 aliphatic heterocycles. The molecular formula is C16H23N3O2S. The summed E-state index contributed by atoms with van der Waals surface area (Å²) >= 11 is 1.84. The Morgan fingerprint density at radius 2 is 1.95 bits per heavy atom. The molecule has 3 heterocycles. The van der Waals surface area contributed by atoms with Gasteiger partial charge in [0.25, 0.3) is 5.91 Å². The fourth-order valence-electron chi connectivity index (χ4n) is 2.83. The summed E-state index contributed by atoms with van der Waals surface area (Å²) in [5, 5.41) is 1.13. The molecule has 0 atom stereocenters. The van der Waals surface area contributed by atoms with E-state index in [-0.39, 0.29) is 10.7 Å². The Morgan fingerprint density at radius 3 is 2.45 bits per heavy atom. The van der Waals surface area contributed by atoms with Crippen LogP contribution >= 0.6 is 11.8 Å². The molecule has 0 spiro atoms. The van der Waals surface area contributed by atoms with Crippen molar-refractivity contribution in [1.82, 2.24) is 9.80 Å². The van der Waals surface area contributed by atoms with E-state index in [0.717, 1.165) is 49.2 Å². The van der Waals surface area contributed by atoms with Gasteiger partial charge in [-0.2, -0.15) is 0 Å². The smallest absolute Gasteiger partial charge is 0.289 e. The molecule has 1 aromatic rings. The number of amidine groups is 1. The lowest BCUT2D eigenvalue weighted by Gasteiger charge is -2.35. The first-order valence-electron chi connectivity index (χ1n) is 7.70. The second kappa shape index (κ2) is 5.65. The van der Waals surface area contributed by atoms with E-state index in [2.05, 4.69) is 23.7 Å². The van der Waals surface area contributed by atoms with Crippen LogP contribution in [0.15, 0.2) is 15.5 Å². The Morgan fingerprint density at radius 1 is 1.27 bits per heavy atom. The Balaban J connectivity index is 1.60. The summed E-state index contributed by atoms with van der Waals surface area (Å²) in [5.74, 6) is 1.28. The van der Waals surface area contributed by atoms with Crippen molar-refractivity contribution < 1.29 is 9.21 Å². The van der Waals surface area contributed by atoms with E-state index in [1.54, 1.807) is 0 Å². The molecule has 0 unspecified atom stereocenters. The second-order valence-corrected chi connectivity index (χ2v) is 8.28. The number of furan rings is 1. The first-order valence-corrected chi connectivity index (χ1v) is 8.52. The summed E-state index contributed by atoms with van der Waals surface area (Å²) in [6.45, 7) is 12.2. The van der Waals surface area contributed by atoms with E-state index in [9.17, 15) is 4.79 Å². The highest BCUT2D eigenvalue weighted by molar-refractivity contribution is 8.15. The summed E-state index contributed by atoms with van der Waals surface area (Å²) in [6.07, 6.45) is 0. The zero-order chi connectivity index (χ0) is 15.9. The minimum absolute atomic E-state index is 0.00611. The lowest BCUT2D eigenvalue weighted by atomic mass is 10.2. The maximum atomic E-state index is 12.5. The Labute approximate surface area is 135 Å². The molecule has 1 fully saturated rings. The predicted octanol–water partition coefficient (Wildman–Crippen LogP) is 2.54. The van der Waals surface area contributed by atoms with E-state index in [1.807, 2.05) is 36.6 Å². The van der Waals surface area contributed by atoms with Crippen molar-refractivity contribution in [2.75, 3.05) is 32.7 Å². The van der Waals surface area contributed by atoms with Gasteiger partial charge in [0, 0.05) is 36.5 Å². The van der Waals surface area contributed by atoms with Crippen LogP contribution in [0.3, 0.4) is 0 Å². The van der Waals surface area contributed by atoms with Crippen molar-refractivity contribution in [2.24, 2.45) is 4.99 Å². The highest BCUT2D eigenvalue weighted by atomic mass is 32.2. The molecule has 1 aromatic heterocycles. The molecule has 1 saturated heterocycles. The van der Waals surface area contributed by atoms with Crippen molar-refractivity contribution in [3.05, 3.63) is 23.2 Å². The zero-order valence-electron chi connectivity index (χ0n) is 13.7. The van der Waals surface area contributed by atoms with Crippen molar-refractivity contribution in [2.45, 2.75) is 32.4 Å². The summed E-state index contributed by atoms with van der Waals surface area (Å²) < 4.78 is 5.75. The maximum absolute atomic E-state index is 12.5. The molecule has 2 aliphatic rings. The van der Waals surface area contributed by atoms with Gasteiger partial charge >= 0.3 is 0 Å². The van der Waals surface area contributed by atoms with Crippen LogP contribution in [0.1, 0.15) is 35.7 Å². The molecule has 22 heavy (non-hydrogen) atoms. The third kappa shape index (κ3) is 3.02. The molecule has 3 rings (SSSR count). The largest absolute Gasteiger partial charge is 0.456 e. The lowest BCUT2D eigenvalue weighted by molar-refractivity contribution is 0.0659. The first-order chi connectivity index (χ1) is 10.4. The minimum Gasteiger partial charge on any atom is -0.456 e. The fraction of sp³-hybridized carbons (Fsp3) is 0.625. The van der Waals surface area contributed by atoms with Gasteiger partial charge in [-0.25, -0.2) is 0 Å². The molecule has 120 valence electrons. The number of thioether (sulfide) groups is 1. The number of hydrogen-bond acceptors (Lipinski definition) is 5. The van der Waals surface area contributed by atoms with Crippen LogP contribution < -0.4 is 0 Å². The van der Waals surface area contributed by atoms with E-state index < -0.39 is 0 Å². The van der Waals surface area contributed by atoms with Gasteiger partial charge in [-0.3, -0.25) is 9.79 Å². The van der Waals surface area contributed by atoms with Gasteiger partial charge < -0.3 is 14.2 Å². The molecule has 0 radical (unpaired) electrons. The normalized spacial score (nSPS) is 21.2. The molecular weight excluding hydrogens is 298 g/mol. The number of aryl methyl sites for hydroxylation is 2. The number of carbonyl (C=O) groups is 1. The van der Waals surface area contributed by atoms with Gasteiger partial charge in [-0.15, -0.1) is 0 Å². The molecule has 0 N–H and O–H groups in total. The van der Waals surface area contributed by atoms with Crippen LogP contribution in [0, 0.1) is 13.8 Å². The number of piperazine rings is 1. The van der Waals surface area contributed by atoms with Crippen molar-refractivity contribution in [3.8, 4) is 0 Å². The molecule has 0 bridgehead atoms. The van der Waals surface area contributed by atoms with Gasteiger partial charge in [0.2, 0.25) is 0 Å². The SMILES string of the molecule is Cc1cc(C)c(C(=O)N2CCN(C3=NCC(C)(C)S3)CC2)o1. The maximum Gasteiger partial charge on any atom is 0.289 e. The van der Waals surface area contributed by atoms with Gasteiger partial charge in [0.1, 0.15) is 5.76 Å². The summed E-state index contributed by atoms with van der Waals surface area (Å²) in [5.41, 5.74) is 0.919. The third-order valence-electron chi connectivity index (χ3n) is 4.04. The second-order valence-electron chi connectivity index (χ2n) is 6.61. The number of nitrogens with zero attached hydrogens (tertiary/aromatic N) is 3. The Kier molecular flexibility index (Phi) is 3.97. The zero-order valence-corrected chi connectivity index (χ0v) is 14.5. The fourth-order valence-corrected chi connectivity index (χ4v) is 3.90. The number of carbonyl (C=O) groups excluding carboxylic acids is 1. The van der Waals surface area contributed by atoms with Gasteiger partial charge in [0.15, 0.2) is 10.9 Å². The molecule has 0 aromatic carbocycles. The molecule has 0 aliphatic carbocycles. The van der Waals surface area contributed by atoms with Crippen LogP contribution in [0.4, 0.5) is 0 Å². The topological polar surface area (TPSA) is 49.1 Å². The average Bonchev–Trinajstić information content (AvgIpc) is 3.00. The van der Waals surface area contributed by atoms with E-state index >= 15 is 0 Å². The molecule has 1 amide bonds. The van der Waals surface area contributed by atoms with Crippen LogP contribution in [0.2, 0.25) is 0 Å². The summed E-state index contributed by atoms with van der Waals surface area (Å²) in [7, 11) is 0. The average molecular weight is 321 g/mol. The predicted molar refractivity (Wildman–Crippen MR) is 89.6 cm³/mol. The van der Waals surface area contributed by atoms with E-state index in [0.29, 0.717) is 5.76 Å². The van der Waals surface area contributed by atoms with Crippen molar-refractivity contribution in [3.63, 3.8) is 0 Å². The number of rotatable bonds is 1. The van der Waals surface area contributed by atoms with Crippen LogP contribution in [0.25, 0.3) is 0 Å². The number of aliphatic imine (C=N–C) groups is 1. The van der Waals surface area contributed by atoms with E-state index in [4.69, 9.17) is 4.42 Å². The minimum atomic E-state index is 0.00611. The molecule has 0 saturated carbocycles. The number of amides is 1. The van der Waals surface area contributed by atoms with Crippen LogP contribution in [-0.2, 0) is 0 Å². The van der Waals surface area contributed by atoms with E-state index in [1.165, 1.54) is 0 Å². The third-order valence-corrected chi connectivity index (χ3v) is 5.29. The highest BCUT2D eigenvalue weighted by Crippen LogP contribution is 2.33. The highest BCUT2D eigenvalue weighted by Gasteiger charge is 2.33. The molecule has 5 nitrogen and oxygen atoms in total. The van der Waals surface area contributed by atoms with Crippen molar-refractivity contribution in [1.29, 1.82) is 0 Å².